The van der Waals surface area contributed by atoms with Gasteiger partial charge in [0.1, 0.15) is 12.4 Å². The van der Waals surface area contributed by atoms with Crippen molar-refractivity contribution in [2.24, 2.45) is 17.6 Å². The van der Waals surface area contributed by atoms with Crippen LogP contribution in [0.25, 0.3) is 11.3 Å². The van der Waals surface area contributed by atoms with Gasteiger partial charge in [0.25, 0.3) is 5.92 Å². The van der Waals surface area contributed by atoms with Gasteiger partial charge in [0, 0.05) is 10.9 Å². The van der Waals surface area contributed by atoms with E-state index in [9.17, 15) is 18.4 Å². The van der Waals surface area contributed by atoms with Crippen LogP contribution in [0.15, 0.2) is 34.9 Å². The first-order valence-corrected chi connectivity index (χ1v) is 10.3. The number of carbonyl (C=O) groups is 2. The fourth-order valence-electron chi connectivity index (χ4n) is 3.51. The van der Waals surface area contributed by atoms with Crippen molar-refractivity contribution in [1.29, 1.82) is 0 Å². The van der Waals surface area contributed by atoms with Gasteiger partial charge < -0.3 is 20.4 Å². The number of halogens is 3. The molecule has 7 nitrogen and oxygen atoms in total. The van der Waals surface area contributed by atoms with Crippen molar-refractivity contribution < 1.29 is 23.1 Å². The molecule has 3 N–H and O–H groups in total. The molecular weight excluding hydrogens is 462 g/mol. The Balaban J connectivity index is 1.86. The zero-order valence-electron chi connectivity index (χ0n) is 16.6. The van der Waals surface area contributed by atoms with E-state index in [0.717, 1.165) is 14.9 Å². The molecule has 2 atom stereocenters. The second-order valence-corrected chi connectivity index (χ2v) is 8.63. The lowest BCUT2D eigenvalue weighted by Gasteiger charge is -2.29. The molecular formula is C20H23BrF2N4O3. The smallest absolute Gasteiger partial charge is 0.404 e. The summed E-state index contributed by atoms with van der Waals surface area (Å²) < 4.78 is 34.3. The molecule has 162 valence electrons. The predicted molar refractivity (Wildman–Crippen MR) is 110 cm³/mol. The fraction of sp³-hybridized carbons (Fsp3) is 0.450. The van der Waals surface area contributed by atoms with Crippen LogP contribution in [0.4, 0.5) is 13.6 Å². The van der Waals surface area contributed by atoms with Gasteiger partial charge in [-0.25, -0.2) is 18.6 Å². The largest absolute Gasteiger partial charge is 0.449 e. The van der Waals surface area contributed by atoms with Gasteiger partial charge in [-0.05, 0) is 23.6 Å². The van der Waals surface area contributed by atoms with Crippen molar-refractivity contribution in [2.45, 2.75) is 32.2 Å². The number of nitrogens with zero attached hydrogens (tertiary/aromatic N) is 2. The Morgan fingerprint density at radius 1 is 1.37 bits per heavy atom. The van der Waals surface area contributed by atoms with Gasteiger partial charge in [0.05, 0.1) is 30.4 Å². The van der Waals surface area contributed by atoms with Crippen LogP contribution in [0.2, 0.25) is 0 Å². The van der Waals surface area contributed by atoms with Crippen molar-refractivity contribution in [3.8, 4) is 11.3 Å². The maximum atomic E-state index is 14.3. The summed E-state index contributed by atoms with van der Waals surface area (Å²) >= 11 is 3.37. The highest BCUT2D eigenvalue weighted by molar-refractivity contribution is 9.10. The number of amides is 2. The number of hydrogen-bond donors (Lipinski definition) is 2. The third kappa shape index (κ3) is 4.97. The van der Waals surface area contributed by atoms with Gasteiger partial charge in [-0.1, -0.05) is 41.9 Å². The van der Waals surface area contributed by atoms with Gasteiger partial charge >= 0.3 is 6.09 Å². The van der Waals surface area contributed by atoms with Gasteiger partial charge in [-0.2, -0.15) is 0 Å². The molecule has 1 aromatic heterocycles. The Hall–Kier alpha value is -2.49. The molecule has 0 unspecified atom stereocenters. The molecule has 1 fully saturated rings. The summed E-state index contributed by atoms with van der Waals surface area (Å²) in [5, 5.41) is 0. The number of ether oxygens (including phenoxy) is 1. The van der Waals surface area contributed by atoms with E-state index in [1.165, 1.54) is 0 Å². The zero-order valence-corrected chi connectivity index (χ0v) is 18.2. The lowest BCUT2D eigenvalue weighted by Crippen LogP contribution is -2.41. The Morgan fingerprint density at radius 3 is 2.63 bits per heavy atom. The van der Waals surface area contributed by atoms with E-state index < -0.39 is 42.8 Å². The number of benzene rings is 1. The second kappa shape index (κ2) is 8.71. The number of imidazole rings is 1. The Labute approximate surface area is 181 Å². The first-order chi connectivity index (χ1) is 14.1. The summed E-state index contributed by atoms with van der Waals surface area (Å²) in [5.74, 6) is -4.29. The van der Waals surface area contributed by atoms with E-state index in [4.69, 9.17) is 10.5 Å². The quantitative estimate of drug-likeness (QED) is 0.643. The first kappa shape index (κ1) is 22.2. The Kier molecular flexibility index (Phi) is 6.44. The van der Waals surface area contributed by atoms with E-state index in [1.54, 1.807) is 20.0 Å². The van der Waals surface area contributed by atoms with Crippen molar-refractivity contribution >= 4 is 27.9 Å². The minimum absolute atomic E-state index is 0.235. The number of carbonyl (C=O) groups excluding carboxylic acids is 2. The predicted octanol–water partition coefficient (Wildman–Crippen LogP) is 4.12. The van der Waals surface area contributed by atoms with E-state index >= 15 is 0 Å². The average molecular weight is 485 g/mol. The van der Waals surface area contributed by atoms with E-state index in [0.29, 0.717) is 5.69 Å². The minimum Gasteiger partial charge on any atom is -0.449 e. The Bertz CT molecular complexity index is 917. The number of aromatic amines is 1. The summed E-state index contributed by atoms with van der Waals surface area (Å²) in [5.41, 5.74) is 6.51. The molecule has 1 aliphatic heterocycles. The normalized spacial score (nSPS) is 19.1. The van der Waals surface area contributed by atoms with Crippen LogP contribution in [-0.4, -0.2) is 45.9 Å². The molecule has 0 spiro atoms. The molecule has 0 bridgehead atoms. The molecule has 2 heterocycles. The third-order valence-corrected chi connectivity index (χ3v) is 5.68. The summed E-state index contributed by atoms with van der Waals surface area (Å²) in [7, 11) is 0. The van der Waals surface area contributed by atoms with Gasteiger partial charge in [0.2, 0.25) is 5.91 Å². The van der Waals surface area contributed by atoms with Crippen LogP contribution in [-0.2, 0) is 9.53 Å². The lowest BCUT2D eigenvalue weighted by atomic mass is 9.95. The van der Waals surface area contributed by atoms with Crippen molar-refractivity contribution in [3.63, 3.8) is 0 Å². The molecule has 1 aliphatic rings. The van der Waals surface area contributed by atoms with E-state index in [2.05, 4.69) is 25.9 Å². The number of alkyl halides is 2. The minimum atomic E-state index is -3.04. The second-order valence-electron chi connectivity index (χ2n) is 7.71. The molecule has 0 radical (unpaired) electrons. The van der Waals surface area contributed by atoms with Crippen LogP contribution in [0.3, 0.4) is 0 Å². The topological polar surface area (TPSA) is 101 Å². The summed E-state index contributed by atoms with van der Waals surface area (Å²) in [6.45, 7) is 2.54. The van der Waals surface area contributed by atoms with Gasteiger partial charge in [0.15, 0.2) is 0 Å². The Morgan fingerprint density at radius 2 is 2.03 bits per heavy atom. The molecule has 1 aromatic carbocycles. The summed E-state index contributed by atoms with van der Waals surface area (Å²) in [4.78, 5) is 32.5. The molecule has 2 amide bonds. The maximum Gasteiger partial charge on any atom is 0.404 e. The highest BCUT2D eigenvalue weighted by atomic mass is 79.9. The van der Waals surface area contributed by atoms with Crippen molar-refractivity contribution in [2.75, 3.05) is 13.2 Å². The molecule has 0 aliphatic carbocycles. The highest BCUT2D eigenvalue weighted by Gasteiger charge is 2.50. The standard InChI is InChI=1S/C20H23BrF2N4O3/c1-11(2)14(9-30-19(24)29)18(28)27-10-20(22,23)7-16(27)17-25-8-15(26-17)12-3-5-13(21)6-4-12/h3-6,8,11,14,16H,7,9-10H2,1-2H3,(H2,24,29)(H,25,26)/t14-,16+/m1/s1. The van der Waals surface area contributed by atoms with E-state index in [1.807, 2.05) is 24.3 Å². The SMILES string of the molecule is CC(C)[C@@H](COC(N)=O)C(=O)N1CC(F)(F)C[C@H]1c1ncc(-c2ccc(Br)cc2)[nH]1. The number of aromatic nitrogens is 2. The summed E-state index contributed by atoms with van der Waals surface area (Å²) in [6.07, 6.45) is 0.0170. The number of H-pyrrole nitrogens is 1. The molecule has 2 aromatic rings. The third-order valence-electron chi connectivity index (χ3n) is 5.15. The number of hydrogen-bond acceptors (Lipinski definition) is 4. The van der Waals surface area contributed by atoms with E-state index in [-0.39, 0.29) is 18.3 Å². The highest BCUT2D eigenvalue weighted by Crippen LogP contribution is 2.41. The number of rotatable bonds is 6. The van der Waals surface area contributed by atoms with Gasteiger partial charge in [-0.3, -0.25) is 4.79 Å². The zero-order chi connectivity index (χ0) is 22.1. The average Bonchev–Trinajstić information content (AvgIpc) is 3.26. The number of primary amides is 1. The monoisotopic (exact) mass is 484 g/mol. The van der Waals surface area contributed by atoms with Crippen molar-refractivity contribution in [3.05, 3.63) is 40.8 Å². The van der Waals surface area contributed by atoms with Crippen LogP contribution >= 0.6 is 15.9 Å². The fourth-order valence-corrected chi connectivity index (χ4v) is 3.77. The number of nitrogens with two attached hydrogens (primary N) is 1. The molecule has 3 rings (SSSR count). The molecule has 1 saturated heterocycles. The van der Waals surface area contributed by atoms with Crippen LogP contribution in [0.1, 0.15) is 32.1 Å². The maximum absolute atomic E-state index is 14.3. The molecule has 10 heteroatoms. The van der Waals surface area contributed by atoms with Crippen LogP contribution in [0.5, 0.6) is 0 Å². The molecule has 0 saturated carbocycles. The first-order valence-electron chi connectivity index (χ1n) is 9.49. The number of likely N-dealkylation sites (tertiary alicyclic amines) is 1. The lowest BCUT2D eigenvalue weighted by molar-refractivity contribution is -0.140. The van der Waals surface area contributed by atoms with Crippen LogP contribution in [0, 0.1) is 11.8 Å². The van der Waals surface area contributed by atoms with Crippen molar-refractivity contribution in [1.82, 2.24) is 14.9 Å². The van der Waals surface area contributed by atoms with Crippen LogP contribution < -0.4 is 5.73 Å². The van der Waals surface area contributed by atoms with Gasteiger partial charge in [-0.15, -0.1) is 0 Å². The number of nitrogens with one attached hydrogen (secondary N) is 1. The summed E-state index contributed by atoms with van der Waals surface area (Å²) in [6, 6.07) is 6.54. The molecule has 30 heavy (non-hydrogen) atoms.